The smallest absolute Gasteiger partial charge is 0.411 e. The Hall–Kier alpha value is -3.02. The highest BCUT2D eigenvalue weighted by atomic mass is 16.5. The van der Waals surface area contributed by atoms with Crippen LogP contribution in [0.25, 0.3) is 0 Å². The average molecular weight is 340 g/mol. The number of nitrogens with one attached hydrogen (secondary N) is 1. The molecule has 2 amide bonds. The standard InChI is InChI=1S/C19H20N2O4/c1-24-19(23)20-15-8-10-16(11-9-15)25-13-18(22)21-12-4-6-14-5-2-3-7-17(14)21/h2-3,5,7-11H,4,6,12-13H2,1H3,(H,20,23). The van der Waals surface area contributed by atoms with Crippen LogP contribution < -0.4 is 15.0 Å². The molecule has 0 radical (unpaired) electrons. The number of anilines is 2. The SMILES string of the molecule is COC(=O)Nc1ccc(OCC(=O)N2CCCc3ccccc32)cc1. The first kappa shape index (κ1) is 16.8. The molecule has 1 N–H and O–H groups in total. The Morgan fingerprint density at radius 1 is 1.12 bits per heavy atom. The molecule has 1 heterocycles. The Kier molecular flexibility index (Phi) is 5.18. The molecule has 2 aromatic carbocycles. The summed E-state index contributed by atoms with van der Waals surface area (Å²) in [6, 6.07) is 14.7. The third-order valence-corrected chi connectivity index (χ3v) is 4.06. The van der Waals surface area contributed by atoms with Gasteiger partial charge >= 0.3 is 6.09 Å². The maximum atomic E-state index is 12.5. The minimum atomic E-state index is -0.535. The number of para-hydroxylation sites is 1. The number of ether oxygens (including phenoxy) is 2. The highest BCUT2D eigenvalue weighted by Gasteiger charge is 2.22. The van der Waals surface area contributed by atoms with Crippen LogP contribution in [0.2, 0.25) is 0 Å². The van der Waals surface area contributed by atoms with Crippen molar-refractivity contribution in [1.29, 1.82) is 0 Å². The van der Waals surface area contributed by atoms with Crippen LogP contribution >= 0.6 is 0 Å². The van der Waals surface area contributed by atoms with Crippen molar-refractivity contribution in [3.63, 3.8) is 0 Å². The van der Waals surface area contributed by atoms with E-state index in [1.807, 2.05) is 18.2 Å². The number of methoxy groups -OCH3 is 1. The summed E-state index contributed by atoms with van der Waals surface area (Å²) in [5.74, 6) is 0.498. The molecule has 130 valence electrons. The molecule has 0 atom stereocenters. The van der Waals surface area contributed by atoms with E-state index in [2.05, 4.69) is 16.1 Å². The van der Waals surface area contributed by atoms with Gasteiger partial charge in [-0.25, -0.2) is 4.79 Å². The van der Waals surface area contributed by atoms with Crippen LogP contribution in [0.4, 0.5) is 16.2 Å². The molecule has 6 nitrogen and oxygen atoms in total. The lowest BCUT2D eigenvalue weighted by atomic mass is 10.0. The Bertz CT molecular complexity index is 758. The molecule has 6 heteroatoms. The predicted molar refractivity (Wildman–Crippen MR) is 95.1 cm³/mol. The van der Waals surface area contributed by atoms with E-state index >= 15 is 0 Å². The number of aryl methyl sites for hydroxylation is 1. The van der Waals surface area contributed by atoms with Crippen molar-refractivity contribution in [3.8, 4) is 5.75 Å². The fourth-order valence-corrected chi connectivity index (χ4v) is 2.82. The Morgan fingerprint density at radius 2 is 1.88 bits per heavy atom. The number of hydrogen-bond acceptors (Lipinski definition) is 4. The van der Waals surface area contributed by atoms with Gasteiger partial charge in [-0.05, 0) is 48.7 Å². The molecule has 0 fully saturated rings. The summed E-state index contributed by atoms with van der Waals surface area (Å²) >= 11 is 0. The van der Waals surface area contributed by atoms with Gasteiger partial charge in [0.1, 0.15) is 5.75 Å². The van der Waals surface area contributed by atoms with E-state index in [4.69, 9.17) is 4.74 Å². The van der Waals surface area contributed by atoms with Crippen LogP contribution in [0.3, 0.4) is 0 Å². The number of hydrogen-bond donors (Lipinski definition) is 1. The van der Waals surface area contributed by atoms with Crippen molar-refractivity contribution in [2.24, 2.45) is 0 Å². The fraction of sp³-hybridized carbons (Fsp3) is 0.263. The minimum Gasteiger partial charge on any atom is -0.484 e. The minimum absolute atomic E-state index is 0.0297. The molecule has 25 heavy (non-hydrogen) atoms. The summed E-state index contributed by atoms with van der Waals surface area (Å²) < 4.78 is 10.1. The van der Waals surface area contributed by atoms with Crippen molar-refractivity contribution in [2.45, 2.75) is 12.8 Å². The van der Waals surface area contributed by atoms with Crippen LogP contribution in [0.5, 0.6) is 5.75 Å². The first-order valence-electron chi connectivity index (χ1n) is 8.13. The van der Waals surface area contributed by atoms with Gasteiger partial charge < -0.3 is 14.4 Å². The Balaban J connectivity index is 1.59. The van der Waals surface area contributed by atoms with Gasteiger partial charge in [-0.15, -0.1) is 0 Å². The monoisotopic (exact) mass is 340 g/mol. The van der Waals surface area contributed by atoms with E-state index in [0.29, 0.717) is 18.0 Å². The number of rotatable bonds is 4. The van der Waals surface area contributed by atoms with Gasteiger partial charge in [0.2, 0.25) is 0 Å². The van der Waals surface area contributed by atoms with Crippen LogP contribution in [-0.4, -0.2) is 32.3 Å². The summed E-state index contributed by atoms with van der Waals surface area (Å²) in [5.41, 5.74) is 2.76. The predicted octanol–water partition coefficient (Wildman–Crippen LogP) is 3.22. The molecule has 0 bridgehead atoms. The van der Waals surface area contributed by atoms with Gasteiger partial charge in [0.25, 0.3) is 5.91 Å². The molecule has 3 rings (SSSR count). The highest BCUT2D eigenvalue weighted by molar-refractivity contribution is 5.95. The van der Waals surface area contributed by atoms with Gasteiger partial charge in [0.05, 0.1) is 7.11 Å². The highest BCUT2D eigenvalue weighted by Crippen LogP contribution is 2.26. The zero-order chi connectivity index (χ0) is 17.6. The molecule has 2 aromatic rings. The van der Waals surface area contributed by atoms with E-state index in [-0.39, 0.29) is 12.5 Å². The zero-order valence-corrected chi connectivity index (χ0v) is 14.0. The van der Waals surface area contributed by atoms with Crippen molar-refractivity contribution in [2.75, 3.05) is 30.5 Å². The lowest BCUT2D eigenvalue weighted by Gasteiger charge is -2.29. The van der Waals surface area contributed by atoms with Gasteiger partial charge in [-0.1, -0.05) is 18.2 Å². The second kappa shape index (κ2) is 7.70. The summed E-state index contributed by atoms with van der Waals surface area (Å²) in [6.45, 7) is 0.680. The van der Waals surface area contributed by atoms with Gasteiger partial charge in [-0.2, -0.15) is 0 Å². The molecule has 1 aliphatic heterocycles. The molecule has 0 saturated carbocycles. The summed E-state index contributed by atoms with van der Waals surface area (Å²) in [7, 11) is 1.30. The molecule has 0 unspecified atom stereocenters. The van der Waals surface area contributed by atoms with E-state index in [9.17, 15) is 9.59 Å². The molecule has 1 aliphatic rings. The van der Waals surface area contributed by atoms with Gasteiger partial charge in [0, 0.05) is 17.9 Å². The fourth-order valence-electron chi connectivity index (χ4n) is 2.82. The van der Waals surface area contributed by atoms with Gasteiger partial charge in [-0.3, -0.25) is 10.1 Å². The van der Waals surface area contributed by atoms with Crippen LogP contribution in [-0.2, 0) is 16.0 Å². The quantitative estimate of drug-likeness (QED) is 0.928. The van der Waals surface area contributed by atoms with E-state index in [0.717, 1.165) is 18.5 Å². The summed E-state index contributed by atoms with van der Waals surface area (Å²) in [5, 5.41) is 2.55. The molecular weight excluding hydrogens is 320 g/mol. The second-order valence-electron chi connectivity index (χ2n) is 5.71. The number of amides is 2. The average Bonchev–Trinajstić information content (AvgIpc) is 2.66. The third-order valence-electron chi connectivity index (χ3n) is 4.06. The lowest BCUT2D eigenvalue weighted by molar-refractivity contribution is -0.120. The largest absolute Gasteiger partial charge is 0.484 e. The Labute approximate surface area is 146 Å². The van der Waals surface area contributed by atoms with Gasteiger partial charge in [0.15, 0.2) is 6.61 Å². The third kappa shape index (κ3) is 4.09. The molecule has 0 spiro atoms. The van der Waals surface area contributed by atoms with Crippen molar-refractivity contribution in [3.05, 3.63) is 54.1 Å². The maximum Gasteiger partial charge on any atom is 0.411 e. The van der Waals surface area contributed by atoms with Crippen molar-refractivity contribution in [1.82, 2.24) is 0 Å². The second-order valence-corrected chi connectivity index (χ2v) is 5.71. The summed E-state index contributed by atoms with van der Waals surface area (Å²) in [6.07, 6.45) is 1.42. The number of nitrogens with zero attached hydrogens (tertiary/aromatic N) is 1. The number of carbonyl (C=O) groups excluding carboxylic acids is 2. The topological polar surface area (TPSA) is 67.9 Å². The van der Waals surface area contributed by atoms with Crippen molar-refractivity contribution >= 4 is 23.4 Å². The van der Waals surface area contributed by atoms with E-state index in [1.54, 1.807) is 29.2 Å². The lowest BCUT2D eigenvalue weighted by Crippen LogP contribution is -2.38. The number of benzene rings is 2. The van der Waals surface area contributed by atoms with Crippen molar-refractivity contribution < 1.29 is 19.1 Å². The molecule has 0 aromatic heterocycles. The molecular formula is C19H20N2O4. The van der Waals surface area contributed by atoms with Crippen LogP contribution in [0.1, 0.15) is 12.0 Å². The summed E-state index contributed by atoms with van der Waals surface area (Å²) in [4.78, 5) is 25.4. The number of fused-ring (bicyclic) bond motifs is 1. The first-order valence-corrected chi connectivity index (χ1v) is 8.13. The van der Waals surface area contributed by atoms with E-state index in [1.165, 1.54) is 12.7 Å². The maximum absolute atomic E-state index is 12.5. The van der Waals surface area contributed by atoms with E-state index < -0.39 is 6.09 Å². The zero-order valence-electron chi connectivity index (χ0n) is 14.0. The molecule has 0 aliphatic carbocycles. The number of carbonyl (C=O) groups is 2. The first-order chi connectivity index (χ1) is 12.2. The molecule has 0 saturated heterocycles. The normalized spacial score (nSPS) is 12.9. The van der Waals surface area contributed by atoms with Crippen LogP contribution in [0, 0.1) is 0 Å². The Morgan fingerprint density at radius 3 is 2.64 bits per heavy atom. The van der Waals surface area contributed by atoms with Crippen LogP contribution in [0.15, 0.2) is 48.5 Å².